The van der Waals surface area contributed by atoms with Gasteiger partial charge in [-0.05, 0) is 37.1 Å². The molecule has 0 spiro atoms. The predicted octanol–water partition coefficient (Wildman–Crippen LogP) is 1.74. The SMILES string of the molecule is CS(=O)(=O)Nc1ccc(C(=O)C2CCCC2C(=O)O)cc1. The fraction of sp³-hybridized carbons (Fsp3) is 0.429. The van der Waals surface area contributed by atoms with Crippen LogP contribution in [-0.2, 0) is 14.8 Å². The zero-order valence-corrected chi connectivity index (χ0v) is 12.4. The molecular formula is C14H17NO5S. The fourth-order valence-corrected chi connectivity index (χ4v) is 3.26. The fourth-order valence-electron chi connectivity index (χ4n) is 2.70. The van der Waals surface area contributed by atoms with Gasteiger partial charge in [-0.15, -0.1) is 0 Å². The van der Waals surface area contributed by atoms with Crippen LogP contribution >= 0.6 is 0 Å². The third-order valence-electron chi connectivity index (χ3n) is 3.64. The Morgan fingerprint density at radius 3 is 2.24 bits per heavy atom. The van der Waals surface area contributed by atoms with Gasteiger partial charge >= 0.3 is 5.97 Å². The largest absolute Gasteiger partial charge is 0.481 e. The summed E-state index contributed by atoms with van der Waals surface area (Å²) in [5.41, 5.74) is 0.780. The van der Waals surface area contributed by atoms with E-state index in [0.717, 1.165) is 12.7 Å². The molecule has 6 nitrogen and oxygen atoms in total. The molecule has 0 heterocycles. The van der Waals surface area contributed by atoms with E-state index in [1.165, 1.54) is 24.3 Å². The molecule has 1 aromatic rings. The highest BCUT2D eigenvalue weighted by molar-refractivity contribution is 7.92. The van der Waals surface area contributed by atoms with Crippen LogP contribution in [0.15, 0.2) is 24.3 Å². The van der Waals surface area contributed by atoms with Gasteiger partial charge in [-0.1, -0.05) is 6.42 Å². The first-order valence-corrected chi connectivity index (χ1v) is 8.52. The Hall–Kier alpha value is -1.89. The molecule has 114 valence electrons. The summed E-state index contributed by atoms with van der Waals surface area (Å²) in [7, 11) is -3.36. The van der Waals surface area contributed by atoms with E-state index < -0.39 is 27.8 Å². The summed E-state index contributed by atoms with van der Waals surface area (Å²) >= 11 is 0. The molecule has 2 N–H and O–H groups in total. The highest BCUT2D eigenvalue weighted by Crippen LogP contribution is 2.34. The van der Waals surface area contributed by atoms with Gasteiger partial charge in [0.05, 0.1) is 12.2 Å². The maximum absolute atomic E-state index is 12.4. The molecule has 1 aliphatic carbocycles. The number of hydrogen-bond donors (Lipinski definition) is 2. The lowest BCUT2D eigenvalue weighted by molar-refractivity contribution is -0.142. The zero-order chi connectivity index (χ0) is 15.6. The van der Waals surface area contributed by atoms with E-state index in [-0.39, 0.29) is 5.78 Å². The van der Waals surface area contributed by atoms with E-state index in [1.54, 1.807) is 0 Å². The molecule has 1 saturated carbocycles. The molecule has 0 radical (unpaired) electrons. The molecule has 2 atom stereocenters. The zero-order valence-electron chi connectivity index (χ0n) is 11.6. The van der Waals surface area contributed by atoms with Gasteiger partial charge in [0.15, 0.2) is 5.78 Å². The van der Waals surface area contributed by atoms with Crippen LogP contribution in [0.4, 0.5) is 5.69 Å². The Labute approximate surface area is 123 Å². The molecule has 2 unspecified atom stereocenters. The molecule has 1 fully saturated rings. The number of rotatable bonds is 5. The third-order valence-corrected chi connectivity index (χ3v) is 4.25. The van der Waals surface area contributed by atoms with E-state index in [4.69, 9.17) is 5.11 Å². The normalized spacial score (nSPS) is 22.0. The first-order valence-electron chi connectivity index (χ1n) is 6.63. The summed E-state index contributed by atoms with van der Waals surface area (Å²) in [6.07, 6.45) is 2.89. The topological polar surface area (TPSA) is 101 Å². The molecule has 1 aliphatic rings. The Kier molecular flexibility index (Phi) is 4.32. The summed E-state index contributed by atoms with van der Waals surface area (Å²) in [5, 5.41) is 9.12. The van der Waals surface area contributed by atoms with Gasteiger partial charge < -0.3 is 5.11 Å². The Morgan fingerprint density at radius 2 is 1.71 bits per heavy atom. The molecule has 0 aromatic heterocycles. The summed E-state index contributed by atoms with van der Waals surface area (Å²) in [4.78, 5) is 23.5. The highest BCUT2D eigenvalue weighted by atomic mass is 32.2. The number of carbonyl (C=O) groups excluding carboxylic acids is 1. The Balaban J connectivity index is 2.15. The summed E-state index contributed by atoms with van der Waals surface area (Å²) < 4.78 is 24.5. The molecule has 1 aromatic carbocycles. The van der Waals surface area contributed by atoms with Crippen molar-refractivity contribution < 1.29 is 23.1 Å². The van der Waals surface area contributed by atoms with E-state index in [9.17, 15) is 18.0 Å². The molecule has 2 rings (SSSR count). The number of Topliss-reactive ketones (excluding diaryl/α,β-unsaturated/α-hetero) is 1. The van der Waals surface area contributed by atoms with Gasteiger partial charge in [-0.3, -0.25) is 14.3 Å². The van der Waals surface area contributed by atoms with Crippen molar-refractivity contribution in [3.63, 3.8) is 0 Å². The minimum Gasteiger partial charge on any atom is -0.481 e. The number of ketones is 1. The highest BCUT2D eigenvalue weighted by Gasteiger charge is 2.37. The Bertz CT molecular complexity index is 650. The molecule has 21 heavy (non-hydrogen) atoms. The van der Waals surface area contributed by atoms with E-state index >= 15 is 0 Å². The van der Waals surface area contributed by atoms with Gasteiger partial charge in [-0.2, -0.15) is 0 Å². The molecule has 0 saturated heterocycles. The van der Waals surface area contributed by atoms with Gasteiger partial charge in [0.1, 0.15) is 0 Å². The average Bonchev–Trinajstić information content (AvgIpc) is 2.86. The van der Waals surface area contributed by atoms with Gasteiger partial charge in [0, 0.05) is 17.2 Å². The van der Waals surface area contributed by atoms with Crippen molar-refractivity contribution in [3.05, 3.63) is 29.8 Å². The van der Waals surface area contributed by atoms with Crippen LogP contribution in [0.2, 0.25) is 0 Å². The number of sulfonamides is 1. The molecule has 0 bridgehead atoms. The summed E-state index contributed by atoms with van der Waals surface area (Å²) in [6.45, 7) is 0. The van der Waals surface area contributed by atoms with Crippen LogP contribution in [0.5, 0.6) is 0 Å². The van der Waals surface area contributed by atoms with Gasteiger partial charge in [-0.25, -0.2) is 8.42 Å². The molecular weight excluding hydrogens is 294 g/mol. The second-order valence-electron chi connectivity index (χ2n) is 5.30. The first-order chi connectivity index (χ1) is 9.78. The number of carboxylic acid groups (broad SMARTS) is 1. The number of aliphatic carboxylic acids is 1. The minimum atomic E-state index is -3.36. The average molecular weight is 311 g/mol. The number of hydrogen-bond acceptors (Lipinski definition) is 4. The van der Waals surface area contributed by atoms with Crippen molar-refractivity contribution in [3.8, 4) is 0 Å². The van der Waals surface area contributed by atoms with Crippen molar-refractivity contribution in [2.75, 3.05) is 11.0 Å². The van der Waals surface area contributed by atoms with Crippen LogP contribution < -0.4 is 4.72 Å². The van der Waals surface area contributed by atoms with Gasteiger partial charge in [0.2, 0.25) is 10.0 Å². The smallest absolute Gasteiger partial charge is 0.307 e. The quantitative estimate of drug-likeness (QED) is 0.807. The lowest BCUT2D eigenvalue weighted by Gasteiger charge is -2.14. The summed E-state index contributed by atoms with van der Waals surface area (Å²) in [5.74, 6) is -2.23. The van der Waals surface area contributed by atoms with E-state index in [1.807, 2.05) is 0 Å². The van der Waals surface area contributed by atoms with Crippen LogP contribution in [0.3, 0.4) is 0 Å². The summed E-state index contributed by atoms with van der Waals surface area (Å²) in [6, 6.07) is 6.04. The second kappa shape index (κ2) is 5.85. The van der Waals surface area contributed by atoms with Crippen molar-refractivity contribution in [2.45, 2.75) is 19.3 Å². The predicted molar refractivity (Wildman–Crippen MR) is 77.7 cm³/mol. The molecule has 7 heteroatoms. The number of nitrogens with one attached hydrogen (secondary N) is 1. The lowest BCUT2D eigenvalue weighted by atomic mass is 9.88. The molecule has 0 aliphatic heterocycles. The van der Waals surface area contributed by atoms with Crippen LogP contribution in [0, 0.1) is 11.8 Å². The maximum Gasteiger partial charge on any atom is 0.307 e. The second-order valence-corrected chi connectivity index (χ2v) is 7.05. The van der Waals surface area contributed by atoms with E-state index in [2.05, 4.69) is 4.72 Å². The van der Waals surface area contributed by atoms with Gasteiger partial charge in [0.25, 0.3) is 0 Å². The van der Waals surface area contributed by atoms with Crippen molar-refractivity contribution in [1.29, 1.82) is 0 Å². The van der Waals surface area contributed by atoms with Crippen molar-refractivity contribution >= 4 is 27.5 Å². The number of carboxylic acids is 1. The molecule has 0 amide bonds. The monoisotopic (exact) mass is 311 g/mol. The number of benzene rings is 1. The minimum absolute atomic E-state index is 0.189. The third kappa shape index (κ3) is 3.81. The lowest BCUT2D eigenvalue weighted by Crippen LogP contribution is -2.25. The Morgan fingerprint density at radius 1 is 1.14 bits per heavy atom. The number of anilines is 1. The van der Waals surface area contributed by atoms with E-state index in [0.29, 0.717) is 24.1 Å². The van der Waals surface area contributed by atoms with Crippen molar-refractivity contribution in [2.24, 2.45) is 11.8 Å². The van der Waals surface area contributed by atoms with Crippen LogP contribution in [-0.4, -0.2) is 31.5 Å². The standard InChI is InChI=1S/C14H17NO5S/c1-21(19,20)15-10-7-5-9(6-8-10)13(16)11-3-2-4-12(11)14(17)18/h5-8,11-12,15H,2-4H2,1H3,(H,17,18). The van der Waals surface area contributed by atoms with Crippen LogP contribution in [0.1, 0.15) is 29.6 Å². The number of carbonyl (C=O) groups is 2. The van der Waals surface area contributed by atoms with Crippen LogP contribution in [0.25, 0.3) is 0 Å². The first kappa shape index (κ1) is 15.5. The van der Waals surface area contributed by atoms with Crippen molar-refractivity contribution in [1.82, 2.24) is 0 Å². The maximum atomic E-state index is 12.4.